The molecule has 0 amide bonds. The molecule has 6 heteroatoms. The van der Waals surface area contributed by atoms with Crippen molar-refractivity contribution in [1.82, 2.24) is 10.1 Å². The monoisotopic (exact) mass is 524 g/mol. The number of rotatable bonds is 6. The molecule has 0 bridgehead atoms. The summed E-state index contributed by atoms with van der Waals surface area (Å²) >= 11 is 5.73. The van der Waals surface area contributed by atoms with Crippen LogP contribution in [0.5, 0.6) is 0 Å². The number of nitrogens with zero attached hydrogens (tertiary/aromatic N) is 2. The molecule has 0 radical (unpaired) electrons. The Labute approximate surface area is 174 Å². The number of aromatic nitrogens is 2. The van der Waals surface area contributed by atoms with Gasteiger partial charge in [0.15, 0.2) is 11.6 Å². The van der Waals surface area contributed by atoms with Crippen LogP contribution in [0.4, 0.5) is 0 Å². The maximum Gasteiger partial charge on any atom is 0.257 e. The average Bonchev–Trinajstić information content (AvgIpc) is 3.12. The summed E-state index contributed by atoms with van der Waals surface area (Å²) in [7, 11) is 0. The van der Waals surface area contributed by atoms with Crippen molar-refractivity contribution in [3.8, 4) is 11.5 Å². The number of Topliss-reactive ketones (excluding diaryl/α,β-unsaturated/α-hetero) is 1. The lowest BCUT2D eigenvalue weighted by atomic mass is 9.99. The molecule has 2 aromatic carbocycles. The van der Waals surface area contributed by atoms with E-state index in [4.69, 9.17) is 4.52 Å². The molecular formula is C20H18BrIN2O2. The molecule has 3 rings (SSSR count). The van der Waals surface area contributed by atoms with E-state index in [1.54, 1.807) is 19.1 Å². The Kier molecular flexibility index (Phi) is 6.24. The average molecular weight is 525 g/mol. The minimum atomic E-state index is -0.472. The first-order valence-corrected chi connectivity index (χ1v) is 10.3. The van der Waals surface area contributed by atoms with E-state index in [0.717, 1.165) is 22.9 Å². The lowest BCUT2D eigenvalue weighted by Crippen LogP contribution is -2.11. The summed E-state index contributed by atoms with van der Waals surface area (Å²) < 4.78 is 7.52. The zero-order valence-corrected chi connectivity index (χ0v) is 18.2. The molecule has 1 aromatic heterocycles. The minimum Gasteiger partial charge on any atom is -0.334 e. The summed E-state index contributed by atoms with van der Waals surface area (Å²) in [6.07, 6.45) is 2.08. The number of halogens is 2. The minimum absolute atomic E-state index is 0.0343. The molecule has 3 aromatic rings. The van der Waals surface area contributed by atoms with E-state index in [1.807, 2.05) is 18.2 Å². The van der Waals surface area contributed by atoms with Crippen LogP contribution >= 0.6 is 38.5 Å². The Morgan fingerprint density at radius 2 is 2.08 bits per heavy atom. The van der Waals surface area contributed by atoms with Crippen LogP contribution in [0, 0.1) is 3.57 Å². The van der Waals surface area contributed by atoms with Crippen LogP contribution in [-0.2, 0) is 6.42 Å². The van der Waals surface area contributed by atoms with Crippen LogP contribution < -0.4 is 0 Å². The van der Waals surface area contributed by atoms with Gasteiger partial charge in [-0.2, -0.15) is 4.98 Å². The number of carbonyl (C=O) groups excluding carboxylic acids is 1. The number of hydrogen-bond acceptors (Lipinski definition) is 4. The number of benzene rings is 2. The van der Waals surface area contributed by atoms with Gasteiger partial charge in [0.1, 0.15) is 0 Å². The first-order valence-electron chi connectivity index (χ1n) is 8.41. The second kappa shape index (κ2) is 8.43. The highest BCUT2D eigenvalue weighted by atomic mass is 127. The van der Waals surface area contributed by atoms with Gasteiger partial charge in [-0.05, 0) is 71.8 Å². The highest BCUT2D eigenvalue weighted by Crippen LogP contribution is 2.26. The topological polar surface area (TPSA) is 56.0 Å². The SMILES string of the molecule is CCCc1cc(-c2nc(C(C)C(=O)c3cccc(Br)c3)no2)ccc1I. The van der Waals surface area contributed by atoms with Gasteiger partial charge in [0.25, 0.3) is 5.89 Å². The van der Waals surface area contributed by atoms with E-state index >= 15 is 0 Å². The zero-order chi connectivity index (χ0) is 18.7. The van der Waals surface area contributed by atoms with Gasteiger partial charge in [-0.25, -0.2) is 0 Å². The van der Waals surface area contributed by atoms with Crippen molar-refractivity contribution >= 4 is 44.3 Å². The van der Waals surface area contributed by atoms with Crippen LogP contribution in [0.3, 0.4) is 0 Å². The number of hydrogen-bond donors (Lipinski definition) is 0. The highest BCUT2D eigenvalue weighted by Gasteiger charge is 2.23. The second-order valence-corrected chi connectivity index (χ2v) is 8.19. The molecule has 0 aliphatic heterocycles. The van der Waals surface area contributed by atoms with E-state index < -0.39 is 5.92 Å². The zero-order valence-electron chi connectivity index (χ0n) is 14.5. The lowest BCUT2D eigenvalue weighted by molar-refractivity contribution is 0.0961. The predicted octanol–water partition coefficient (Wildman–Crippen LogP) is 6.04. The number of carbonyl (C=O) groups is 1. The van der Waals surface area contributed by atoms with E-state index in [0.29, 0.717) is 17.3 Å². The smallest absolute Gasteiger partial charge is 0.257 e. The summed E-state index contributed by atoms with van der Waals surface area (Å²) in [6, 6.07) is 13.4. The molecule has 0 fully saturated rings. The van der Waals surface area contributed by atoms with Gasteiger partial charge in [-0.3, -0.25) is 4.79 Å². The Morgan fingerprint density at radius 1 is 1.27 bits per heavy atom. The molecule has 1 heterocycles. The summed E-state index contributed by atoms with van der Waals surface area (Å²) in [4.78, 5) is 17.2. The molecule has 0 saturated heterocycles. The van der Waals surface area contributed by atoms with Gasteiger partial charge in [0.2, 0.25) is 0 Å². The van der Waals surface area contributed by atoms with E-state index in [-0.39, 0.29) is 5.78 Å². The van der Waals surface area contributed by atoms with Gasteiger partial charge < -0.3 is 4.52 Å². The molecule has 26 heavy (non-hydrogen) atoms. The van der Waals surface area contributed by atoms with Gasteiger partial charge in [0, 0.05) is 19.2 Å². The van der Waals surface area contributed by atoms with Crippen molar-refractivity contribution in [1.29, 1.82) is 0 Å². The van der Waals surface area contributed by atoms with Crippen molar-refractivity contribution in [2.24, 2.45) is 0 Å². The third-order valence-electron chi connectivity index (χ3n) is 4.14. The molecule has 0 aliphatic rings. The molecule has 0 aliphatic carbocycles. The van der Waals surface area contributed by atoms with E-state index in [9.17, 15) is 4.79 Å². The first kappa shape index (κ1) is 19.2. The normalized spacial score (nSPS) is 12.2. The Balaban J connectivity index is 1.85. The molecule has 0 N–H and O–H groups in total. The second-order valence-electron chi connectivity index (χ2n) is 6.11. The molecule has 1 atom stereocenters. The lowest BCUT2D eigenvalue weighted by Gasteiger charge is -2.06. The standard InChI is InChI=1S/C20H18BrIN2O2/c1-3-5-13-10-15(8-9-17(13)22)20-23-19(24-26-20)12(2)18(25)14-6-4-7-16(21)11-14/h4,6-12H,3,5H2,1-2H3. The highest BCUT2D eigenvalue weighted by molar-refractivity contribution is 14.1. The van der Waals surface area contributed by atoms with Crippen LogP contribution in [0.1, 0.15) is 47.9 Å². The molecule has 0 saturated carbocycles. The fourth-order valence-electron chi connectivity index (χ4n) is 2.71. The Morgan fingerprint density at radius 3 is 2.81 bits per heavy atom. The molecular weight excluding hydrogens is 507 g/mol. The van der Waals surface area contributed by atoms with Crippen molar-refractivity contribution in [2.45, 2.75) is 32.6 Å². The molecule has 4 nitrogen and oxygen atoms in total. The fourth-order valence-corrected chi connectivity index (χ4v) is 3.71. The van der Waals surface area contributed by atoms with Crippen molar-refractivity contribution in [3.05, 3.63) is 67.5 Å². The maximum absolute atomic E-state index is 12.7. The van der Waals surface area contributed by atoms with E-state index in [2.05, 4.69) is 67.7 Å². The van der Waals surface area contributed by atoms with Crippen LogP contribution in [0.15, 0.2) is 51.5 Å². The fraction of sp³-hybridized carbons (Fsp3) is 0.250. The quantitative estimate of drug-likeness (QED) is 0.291. The third kappa shape index (κ3) is 4.23. The van der Waals surface area contributed by atoms with Gasteiger partial charge in [-0.15, -0.1) is 0 Å². The Hall–Kier alpha value is -1.54. The summed E-state index contributed by atoms with van der Waals surface area (Å²) in [5.41, 5.74) is 2.77. The van der Waals surface area contributed by atoms with Crippen LogP contribution in [-0.4, -0.2) is 15.9 Å². The van der Waals surface area contributed by atoms with Crippen molar-refractivity contribution in [3.63, 3.8) is 0 Å². The van der Waals surface area contributed by atoms with Crippen molar-refractivity contribution < 1.29 is 9.32 Å². The summed E-state index contributed by atoms with van der Waals surface area (Å²) in [5, 5.41) is 4.04. The number of ketones is 1. The molecule has 0 spiro atoms. The van der Waals surface area contributed by atoms with Crippen LogP contribution in [0.2, 0.25) is 0 Å². The summed E-state index contributed by atoms with van der Waals surface area (Å²) in [5.74, 6) is 0.344. The largest absolute Gasteiger partial charge is 0.334 e. The summed E-state index contributed by atoms with van der Waals surface area (Å²) in [6.45, 7) is 3.96. The van der Waals surface area contributed by atoms with Crippen molar-refractivity contribution in [2.75, 3.05) is 0 Å². The third-order valence-corrected chi connectivity index (χ3v) is 5.69. The number of aryl methyl sites for hydroxylation is 1. The first-order chi connectivity index (χ1) is 12.5. The predicted molar refractivity (Wildman–Crippen MR) is 113 cm³/mol. The van der Waals surface area contributed by atoms with Crippen LogP contribution in [0.25, 0.3) is 11.5 Å². The molecule has 134 valence electrons. The van der Waals surface area contributed by atoms with Gasteiger partial charge >= 0.3 is 0 Å². The maximum atomic E-state index is 12.7. The molecule has 1 unspecified atom stereocenters. The van der Waals surface area contributed by atoms with E-state index in [1.165, 1.54) is 9.13 Å². The van der Waals surface area contributed by atoms with Gasteiger partial charge in [-0.1, -0.05) is 46.6 Å². The van der Waals surface area contributed by atoms with Gasteiger partial charge in [0.05, 0.1) is 5.92 Å². The Bertz CT molecular complexity index is 939.